The minimum Gasteiger partial charge on any atom is -0.321 e. The second kappa shape index (κ2) is 9.43. The Morgan fingerprint density at radius 1 is 1.07 bits per heavy atom. The van der Waals surface area contributed by atoms with E-state index in [0.717, 1.165) is 3.57 Å². The molecule has 0 spiro atoms. The molecule has 1 aromatic heterocycles. The van der Waals surface area contributed by atoms with Crippen molar-refractivity contribution < 1.29 is 14.5 Å². The van der Waals surface area contributed by atoms with Gasteiger partial charge in [0.25, 0.3) is 17.5 Å². The van der Waals surface area contributed by atoms with E-state index in [1.165, 1.54) is 35.6 Å². The molecule has 146 valence electrons. The predicted molar refractivity (Wildman–Crippen MR) is 121 cm³/mol. The Morgan fingerprint density at radius 2 is 1.83 bits per heavy atom. The molecular weight excluding hydrogens is 505 g/mol. The molecule has 2 amide bonds. The number of nitro groups is 1. The summed E-state index contributed by atoms with van der Waals surface area (Å²) in [4.78, 5) is 36.2. The molecule has 0 fully saturated rings. The Kier molecular flexibility index (Phi) is 6.73. The Morgan fingerprint density at radius 3 is 2.48 bits per heavy atom. The van der Waals surface area contributed by atoms with Crippen LogP contribution in [0.4, 0.5) is 11.4 Å². The van der Waals surface area contributed by atoms with Crippen LogP contribution in [-0.4, -0.2) is 16.7 Å². The van der Waals surface area contributed by atoms with Crippen LogP contribution in [0.25, 0.3) is 6.08 Å². The standard InChI is InChI=1S/C20H14IN3O4S/c21-14-6-8-15(9-7-14)22-19(25)17(23-20(26)18-5-2-10-29-18)12-13-3-1-4-16(11-13)24(27)28/h1-12H,(H,22,25)(H,23,26)/b17-12-. The zero-order valence-corrected chi connectivity index (χ0v) is 17.8. The third-order valence-corrected chi connectivity index (χ3v) is 5.32. The van der Waals surface area contributed by atoms with Crippen molar-refractivity contribution in [2.75, 3.05) is 5.32 Å². The van der Waals surface area contributed by atoms with Crippen molar-refractivity contribution in [3.8, 4) is 0 Å². The monoisotopic (exact) mass is 519 g/mol. The molecule has 0 atom stereocenters. The summed E-state index contributed by atoms with van der Waals surface area (Å²) in [5.41, 5.74) is 0.840. The van der Waals surface area contributed by atoms with Crippen LogP contribution in [0.1, 0.15) is 15.2 Å². The van der Waals surface area contributed by atoms with E-state index in [0.29, 0.717) is 16.1 Å². The molecule has 1 heterocycles. The lowest BCUT2D eigenvalue weighted by Crippen LogP contribution is -2.30. The second-order valence-corrected chi connectivity index (χ2v) is 8.00. The first kappa shape index (κ1) is 20.7. The zero-order valence-electron chi connectivity index (χ0n) is 14.8. The number of rotatable bonds is 6. The van der Waals surface area contributed by atoms with Gasteiger partial charge < -0.3 is 10.6 Å². The number of carbonyl (C=O) groups excluding carboxylic acids is 2. The van der Waals surface area contributed by atoms with E-state index in [1.54, 1.807) is 35.7 Å². The highest BCUT2D eigenvalue weighted by Crippen LogP contribution is 2.17. The lowest BCUT2D eigenvalue weighted by atomic mass is 10.1. The second-order valence-electron chi connectivity index (χ2n) is 5.80. The van der Waals surface area contributed by atoms with Crippen molar-refractivity contribution in [2.24, 2.45) is 0 Å². The predicted octanol–water partition coefficient (Wildman–Crippen LogP) is 4.67. The van der Waals surface area contributed by atoms with Gasteiger partial charge in [0.15, 0.2) is 0 Å². The quantitative estimate of drug-likeness (QED) is 0.214. The van der Waals surface area contributed by atoms with Crippen molar-refractivity contribution in [1.29, 1.82) is 0 Å². The van der Waals surface area contributed by atoms with Crippen LogP contribution in [0.15, 0.2) is 71.7 Å². The molecule has 0 bridgehead atoms. The number of thiophene rings is 1. The lowest BCUT2D eigenvalue weighted by Gasteiger charge is -2.11. The maximum Gasteiger partial charge on any atom is 0.272 e. The van der Waals surface area contributed by atoms with Crippen molar-refractivity contribution in [2.45, 2.75) is 0 Å². The van der Waals surface area contributed by atoms with E-state index in [4.69, 9.17) is 0 Å². The van der Waals surface area contributed by atoms with Gasteiger partial charge in [-0.2, -0.15) is 0 Å². The fourth-order valence-corrected chi connectivity index (χ4v) is 3.36. The summed E-state index contributed by atoms with van der Waals surface area (Å²) in [6.45, 7) is 0. The largest absolute Gasteiger partial charge is 0.321 e. The van der Waals surface area contributed by atoms with Gasteiger partial charge in [0.05, 0.1) is 9.80 Å². The molecule has 0 saturated heterocycles. The van der Waals surface area contributed by atoms with E-state index in [9.17, 15) is 19.7 Å². The van der Waals surface area contributed by atoms with Gasteiger partial charge in [-0.05, 0) is 69.9 Å². The summed E-state index contributed by atoms with van der Waals surface area (Å²) < 4.78 is 1.01. The smallest absolute Gasteiger partial charge is 0.272 e. The summed E-state index contributed by atoms with van der Waals surface area (Å²) in [5, 5.41) is 18.1. The third kappa shape index (κ3) is 5.72. The van der Waals surface area contributed by atoms with Crippen molar-refractivity contribution in [3.05, 3.63) is 95.9 Å². The fourth-order valence-electron chi connectivity index (χ4n) is 2.38. The minimum atomic E-state index is -0.539. The molecule has 3 rings (SSSR count). The number of hydrogen-bond donors (Lipinski definition) is 2. The van der Waals surface area contributed by atoms with E-state index < -0.39 is 16.7 Å². The zero-order chi connectivity index (χ0) is 20.8. The number of anilines is 1. The summed E-state index contributed by atoms with van der Waals surface area (Å²) in [5.74, 6) is -0.975. The number of benzene rings is 2. The first-order valence-electron chi connectivity index (χ1n) is 8.30. The molecule has 0 saturated carbocycles. The first-order chi connectivity index (χ1) is 13.9. The van der Waals surface area contributed by atoms with Gasteiger partial charge in [-0.1, -0.05) is 18.2 Å². The van der Waals surface area contributed by atoms with E-state index in [-0.39, 0.29) is 11.4 Å². The van der Waals surface area contributed by atoms with Crippen LogP contribution in [0.2, 0.25) is 0 Å². The van der Waals surface area contributed by atoms with Gasteiger partial charge in [0, 0.05) is 21.4 Å². The first-order valence-corrected chi connectivity index (χ1v) is 10.3. The number of hydrogen-bond acceptors (Lipinski definition) is 5. The molecule has 29 heavy (non-hydrogen) atoms. The molecule has 0 aliphatic rings. The molecule has 9 heteroatoms. The summed E-state index contributed by atoms with van der Waals surface area (Å²) in [7, 11) is 0. The Balaban J connectivity index is 1.91. The Labute approximate surface area is 183 Å². The fraction of sp³-hybridized carbons (Fsp3) is 0. The lowest BCUT2D eigenvalue weighted by molar-refractivity contribution is -0.384. The van der Waals surface area contributed by atoms with Crippen LogP contribution in [0, 0.1) is 13.7 Å². The van der Waals surface area contributed by atoms with Crippen LogP contribution < -0.4 is 10.6 Å². The maximum atomic E-state index is 12.8. The number of amides is 2. The van der Waals surface area contributed by atoms with E-state index in [1.807, 2.05) is 12.1 Å². The van der Waals surface area contributed by atoms with Gasteiger partial charge in [0.2, 0.25) is 0 Å². The van der Waals surface area contributed by atoms with Gasteiger partial charge in [-0.3, -0.25) is 19.7 Å². The number of non-ortho nitro benzene ring substituents is 1. The average Bonchev–Trinajstić information content (AvgIpc) is 3.24. The van der Waals surface area contributed by atoms with Crippen LogP contribution in [-0.2, 0) is 4.79 Å². The highest BCUT2D eigenvalue weighted by atomic mass is 127. The molecule has 0 radical (unpaired) electrons. The van der Waals surface area contributed by atoms with E-state index >= 15 is 0 Å². The molecule has 0 aliphatic heterocycles. The average molecular weight is 519 g/mol. The summed E-state index contributed by atoms with van der Waals surface area (Å²) in [6, 6.07) is 16.3. The van der Waals surface area contributed by atoms with Crippen molar-refractivity contribution >= 4 is 63.2 Å². The Bertz CT molecular complexity index is 1080. The normalized spacial score (nSPS) is 11.0. The number of carbonyl (C=O) groups is 2. The minimum absolute atomic E-state index is 0.0255. The van der Waals surface area contributed by atoms with Crippen molar-refractivity contribution in [3.63, 3.8) is 0 Å². The van der Waals surface area contributed by atoms with E-state index in [2.05, 4.69) is 33.2 Å². The van der Waals surface area contributed by atoms with Gasteiger partial charge in [-0.25, -0.2) is 0 Å². The van der Waals surface area contributed by atoms with Gasteiger partial charge in [0.1, 0.15) is 5.70 Å². The molecular formula is C20H14IN3O4S. The van der Waals surface area contributed by atoms with Crippen molar-refractivity contribution in [1.82, 2.24) is 5.32 Å². The maximum absolute atomic E-state index is 12.8. The number of nitro benzene ring substituents is 1. The number of halogens is 1. The molecule has 3 aromatic rings. The highest BCUT2D eigenvalue weighted by molar-refractivity contribution is 14.1. The third-order valence-electron chi connectivity index (χ3n) is 3.73. The molecule has 0 aliphatic carbocycles. The number of nitrogens with one attached hydrogen (secondary N) is 2. The molecule has 2 N–H and O–H groups in total. The van der Waals surface area contributed by atoms with Crippen LogP contribution >= 0.6 is 33.9 Å². The van der Waals surface area contributed by atoms with Gasteiger partial charge >= 0.3 is 0 Å². The summed E-state index contributed by atoms with van der Waals surface area (Å²) >= 11 is 3.40. The van der Waals surface area contributed by atoms with Crippen LogP contribution in [0.5, 0.6) is 0 Å². The topological polar surface area (TPSA) is 101 Å². The SMILES string of the molecule is O=C(Nc1ccc(I)cc1)/C(=C/c1cccc([N+](=O)[O-])c1)NC(=O)c1cccs1. The number of nitrogens with zero attached hydrogens (tertiary/aromatic N) is 1. The molecule has 2 aromatic carbocycles. The molecule has 7 nitrogen and oxygen atoms in total. The summed E-state index contributed by atoms with van der Waals surface area (Å²) in [6.07, 6.45) is 1.40. The molecule has 0 unspecified atom stereocenters. The van der Waals surface area contributed by atoms with Gasteiger partial charge in [-0.15, -0.1) is 11.3 Å². The highest BCUT2D eigenvalue weighted by Gasteiger charge is 2.16. The Hall–Kier alpha value is -3.05. The van der Waals surface area contributed by atoms with Crippen LogP contribution in [0.3, 0.4) is 0 Å².